The first-order valence-electron chi connectivity index (χ1n) is 11.4. The molecule has 8 nitrogen and oxygen atoms in total. The molecule has 0 fully saturated rings. The van der Waals surface area contributed by atoms with E-state index in [9.17, 15) is 27.6 Å². The number of nitrogens with one attached hydrogen (secondary N) is 1. The van der Waals surface area contributed by atoms with E-state index in [1.165, 1.54) is 13.8 Å². The first kappa shape index (κ1) is 29.1. The zero-order valence-electron chi connectivity index (χ0n) is 20.8. The first-order chi connectivity index (χ1) is 18.0. The lowest BCUT2D eigenvalue weighted by atomic mass is 10.1. The van der Waals surface area contributed by atoms with Gasteiger partial charge in [-0.25, -0.2) is 19.6 Å². The Balaban J connectivity index is 1.90. The number of ether oxygens (including phenoxy) is 2. The second-order valence-corrected chi connectivity index (χ2v) is 10.1. The number of halogens is 3. The van der Waals surface area contributed by atoms with Gasteiger partial charge in [-0.05, 0) is 39.3 Å². The number of anilines is 1. The van der Waals surface area contributed by atoms with Crippen LogP contribution in [-0.2, 0) is 20.4 Å². The predicted octanol–water partition coefficient (Wildman–Crippen LogP) is 6.01. The van der Waals surface area contributed by atoms with E-state index in [1.54, 1.807) is 44.2 Å². The van der Waals surface area contributed by atoms with Gasteiger partial charge in [-0.1, -0.05) is 42.1 Å². The molecule has 0 unspecified atom stereocenters. The number of thiophene rings is 1. The average Bonchev–Trinajstić information content (AvgIpc) is 3.19. The Kier molecular flexibility index (Phi) is 9.50. The molecule has 1 aromatic carbocycles. The third-order valence-corrected chi connectivity index (χ3v) is 7.19. The molecule has 0 radical (unpaired) electrons. The molecule has 0 saturated heterocycles. The van der Waals surface area contributed by atoms with Crippen LogP contribution in [0.2, 0.25) is 0 Å². The molecule has 1 atom stereocenters. The smallest absolute Gasteiger partial charge is 0.433 e. The lowest BCUT2D eigenvalue weighted by molar-refractivity contribution is -0.141. The van der Waals surface area contributed by atoms with Crippen LogP contribution in [0.5, 0.6) is 0 Å². The first-order valence-corrected chi connectivity index (χ1v) is 13.1. The van der Waals surface area contributed by atoms with Crippen molar-refractivity contribution in [2.24, 2.45) is 0 Å². The fourth-order valence-corrected chi connectivity index (χ4v) is 5.12. The van der Waals surface area contributed by atoms with Gasteiger partial charge in [0.05, 0.1) is 29.7 Å². The Morgan fingerprint density at radius 3 is 2.29 bits per heavy atom. The highest BCUT2D eigenvalue weighted by atomic mass is 32.2. The number of hydrogen-bond donors (Lipinski definition) is 1. The second kappa shape index (κ2) is 12.4. The normalized spacial score (nSPS) is 12.1. The summed E-state index contributed by atoms with van der Waals surface area (Å²) in [7, 11) is 0. The van der Waals surface area contributed by atoms with E-state index in [2.05, 4.69) is 15.3 Å². The van der Waals surface area contributed by atoms with E-state index >= 15 is 0 Å². The molecule has 2 heterocycles. The number of carbonyl (C=O) groups excluding carboxylic acids is 3. The van der Waals surface area contributed by atoms with Gasteiger partial charge in [0.25, 0.3) is 0 Å². The molecule has 0 spiro atoms. The molecule has 3 aromatic rings. The van der Waals surface area contributed by atoms with E-state index in [-0.39, 0.29) is 45.1 Å². The minimum absolute atomic E-state index is 0.00661. The lowest BCUT2D eigenvalue weighted by Crippen LogP contribution is -2.23. The number of hydrogen-bond acceptors (Lipinski definition) is 9. The summed E-state index contributed by atoms with van der Waals surface area (Å²) in [6.45, 7) is 6.42. The molecular formula is C25H24F3N3O5S2. The highest BCUT2D eigenvalue weighted by Gasteiger charge is 2.34. The van der Waals surface area contributed by atoms with Gasteiger partial charge in [-0.3, -0.25) is 4.79 Å². The third-order valence-electron chi connectivity index (χ3n) is 5.04. The van der Waals surface area contributed by atoms with Gasteiger partial charge in [0.1, 0.15) is 15.6 Å². The maximum Gasteiger partial charge on any atom is 0.433 e. The number of rotatable bonds is 9. The van der Waals surface area contributed by atoms with Gasteiger partial charge in [0.15, 0.2) is 5.16 Å². The number of carbonyl (C=O) groups is 3. The van der Waals surface area contributed by atoms with Gasteiger partial charge in [-0.15, -0.1) is 11.3 Å². The van der Waals surface area contributed by atoms with E-state index in [0.29, 0.717) is 5.56 Å². The SMILES string of the molecule is CCOC(=O)c1sc(NC(=O)[C@H](C)Sc2nc(-c3ccccc3)cc(C(F)(F)F)n2)c(C(=O)OCC)c1C. The van der Waals surface area contributed by atoms with E-state index in [0.717, 1.165) is 29.2 Å². The van der Waals surface area contributed by atoms with Crippen LogP contribution in [-0.4, -0.2) is 46.3 Å². The summed E-state index contributed by atoms with van der Waals surface area (Å²) < 4.78 is 50.7. The van der Waals surface area contributed by atoms with Crippen molar-refractivity contribution in [3.05, 3.63) is 58.1 Å². The molecular weight excluding hydrogens is 543 g/mol. The summed E-state index contributed by atoms with van der Waals surface area (Å²) in [5, 5.41) is 1.44. The van der Waals surface area contributed by atoms with Crippen molar-refractivity contribution in [3.63, 3.8) is 0 Å². The Morgan fingerprint density at radius 2 is 1.68 bits per heavy atom. The fraction of sp³-hybridized carbons (Fsp3) is 0.320. The summed E-state index contributed by atoms with van der Waals surface area (Å²) in [6, 6.07) is 9.14. The van der Waals surface area contributed by atoms with Gasteiger partial charge < -0.3 is 14.8 Å². The van der Waals surface area contributed by atoms with Crippen LogP contribution in [0.1, 0.15) is 52.1 Å². The zero-order chi connectivity index (χ0) is 28.0. The molecule has 0 aliphatic rings. The fourth-order valence-electron chi connectivity index (χ4n) is 3.25. The van der Waals surface area contributed by atoms with Crippen LogP contribution in [0.4, 0.5) is 18.2 Å². The van der Waals surface area contributed by atoms with Gasteiger partial charge in [0, 0.05) is 5.56 Å². The summed E-state index contributed by atoms with van der Waals surface area (Å²) in [6.07, 6.45) is -4.72. The van der Waals surface area contributed by atoms with Crippen molar-refractivity contribution in [2.45, 2.75) is 44.3 Å². The molecule has 0 saturated carbocycles. The minimum Gasteiger partial charge on any atom is -0.462 e. The Hall–Kier alpha value is -3.45. The highest BCUT2D eigenvalue weighted by Crippen LogP contribution is 2.36. The van der Waals surface area contributed by atoms with Crippen LogP contribution in [0.3, 0.4) is 0 Å². The molecule has 13 heteroatoms. The van der Waals surface area contributed by atoms with Crippen LogP contribution in [0.15, 0.2) is 41.6 Å². The number of thioether (sulfide) groups is 1. The monoisotopic (exact) mass is 567 g/mol. The largest absolute Gasteiger partial charge is 0.462 e. The summed E-state index contributed by atoms with van der Waals surface area (Å²) in [5.74, 6) is -2.03. The molecule has 38 heavy (non-hydrogen) atoms. The highest BCUT2D eigenvalue weighted by molar-refractivity contribution is 8.00. The molecule has 2 aromatic heterocycles. The summed E-state index contributed by atoms with van der Waals surface area (Å²) in [4.78, 5) is 45.9. The summed E-state index contributed by atoms with van der Waals surface area (Å²) in [5.41, 5.74) is -0.332. The van der Waals surface area contributed by atoms with Crippen molar-refractivity contribution in [3.8, 4) is 11.3 Å². The molecule has 0 aliphatic carbocycles. The van der Waals surface area contributed by atoms with Crippen LogP contribution in [0.25, 0.3) is 11.3 Å². The molecule has 1 N–H and O–H groups in total. The maximum absolute atomic E-state index is 13.5. The van der Waals surface area contributed by atoms with Crippen molar-refractivity contribution in [1.29, 1.82) is 0 Å². The summed E-state index contributed by atoms with van der Waals surface area (Å²) >= 11 is 1.57. The van der Waals surface area contributed by atoms with Gasteiger partial charge >= 0.3 is 18.1 Å². The topological polar surface area (TPSA) is 107 Å². The molecule has 0 bridgehead atoms. The van der Waals surface area contributed by atoms with Gasteiger partial charge in [0.2, 0.25) is 5.91 Å². The quantitative estimate of drug-likeness (QED) is 0.190. The van der Waals surface area contributed by atoms with Gasteiger partial charge in [-0.2, -0.15) is 13.2 Å². The minimum atomic E-state index is -4.72. The number of nitrogens with zero attached hydrogens (tertiary/aromatic N) is 2. The molecule has 202 valence electrons. The van der Waals surface area contributed by atoms with E-state index in [4.69, 9.17) is 9.47 Å². The number of alkyl halides is 3. The molecule has 0 aliphatic heterocycles. The zero-order valence-corrected chi connectivity index (χ0v) is 22.5. The van der Waals surface area contributed by atoms with Crippen molar-refractivity contribution >= 4 is 45.9 Å². The number of amides is 1. The number of aromatic nitrogens is 2. The molecule has 1 amide bonds. The average molecular weight is 568 g/mol. The lowest BCUT2D eigenvalue weighted by Gasteiger charge is -2.14. The molecule has 3 rings (SSSR count). The van der Waals surface area contributed by atoms with Crippen LogP contribution in [0, 0.1) is 6.92 Å². The van der Waals surface area contributed by atoms with Crippen molar-refractivity contribution < 1.29 is 37.0 Å². The predicted molar refractivity (Wildman–Crippen MR) is 137 cm³/mol. The van der Waals surface area contributed by atoms with E-state index < -0.39 is 35.0 Å². The van der Waals surface area contributed by atoms with Crippen molar-refractivity contribution in [1.82, 2.24) is 9.97 Å². The van der Waals surface area contributed by atoms with E-state index in [1.807, 2.05) is 0 Å². The number of esters is 2. The third kappa shape index (κ3) is 6.90. The Morgan fingerprint density at radius 1 is 1.05 bits per heavy atom. The van der Waals surface area contributed by atoms with Crippen LogP contribution < -0.4 is 5.32 Å². The van der Waals surface area contributed by atoms with Crippen LogP contribution >= 0.6 is 23.1 Å². The standard InChI is InChI=1S/C25H24F3N3O5S2/c1-5-35-22(33)18-13(3)19(23(34)36-6-2)38-21(18)31-20(32)14(4)37-24-29-16(15-10-8-7-9-11-15)12-17(30-24)25(26,27)28/h7-12,14H,5-6H2,1-4H3,(H,31,32)/t14-/m0/s1. The van der Waals surface area contributed by atoms with Crippen molar-refractivity contribution in [2.75, 3.05) is 18.5 Å². The Labute approximate surface area is 225 Å². The second-order valence-electron chi connectivity index (χ2n) is 7.74. The number of benzene rings is 1. The Bertz CT molecular complexity index is 1330. The maximum atomic E-state index is 13.5.